The van der Waals surface area contributed by atoms with Crippen LogP contribution in [0.25, 0.3) is 10.8 Å². The molecule has 0 saturated carbocycles. The fourth-order valence-electron chi connectivity index (χ4n) is 2.53. The maximum atomic E-state index is 12.6. The predicted molar refractivity (Wildman–Crippen MR) is 93.4 cm³/mol. The van der Waals surface area contributed by atoms with Gasteiger partial charge >= 0.3 is 5.97 Å². The maximum absolute atomic E-state index is 12.6. The first kappa shape index (κ1) is 17.8. The van der Waals surface area contributed by atoms with Gasteiger partial charge in [0.05, 0.1) is 23.8 Å². The minimum atomic E-state index is -3.84. The van der Waals surface area contributed by atoms with E-state index in [4.69, 9.17) is 5.11 Å². The van der Waals surface area contributed by atoms with Crippen molar-refractivity contribution in [3.8, 4) is 0 Å². The lowest BCUT2D eigenvalue weighted by Gasteiger charge is -2.09. The van der Waals surface area contributed by atoms with Crippen LogP contribution in [-0.4, -0.2) is 41.8 Å². The molecule has 0 atom stereocenters. The lowest BCUT2D eigenvalue weighted by Crippen LogP contribution is -2.26. The van der Waals surface area contributed by atoms with Crippen molar-refractivity contribution in [3.05, 3.63) is 60.2 Å². The van der Waals surface area contributed by atoms with Crippen LogP contribution in [0.4, 0.5) is 0 Å². The Bertz CT molecular complexity index is 1070. The number of fused-ring (bicyclic) bond motifs is 1. The topological polar surface area (TPSA) is 129 Å². The number of aliphatic carboxylic acids is 1. The first-order chi connectivity index (χ1) is 12.4. The standard InChI is InChI=1S/C17H15N3O5S/c21-16(22)6-7-20-26(24,25)12-4-5-13-11(8-12)2-1-3-14(13)17(23)15-9-18-10-19-15/h1-5,8-10,20H,6-7H2,(H,18,19)(H,21,22). The third-order valence-electron chi connectivity index (χ3n) is 3.78. The Morgan fingerprint density at radius 3 is 2.69 bits per heavy atom. The molecule has 0 aliphatic rings. The largest absolute Gasteiger partial charge is 0.481 e. The predicted octanol–water partition coefficient (Wildman–Crippen LogP) is 1.55. The zero-order chi connectivity index (χ0) is 18.7. The van der Waals surface area contributed by atoms with E-state index in [1.807, 2.05) is 0 Å². The number of carbonyl (C=O) groups excluding carboxylic acids is 1. The van der Waals surface area contributed by atoms with Crippen molar-refractivity contribution >= 4 is 32.5 Å². The van der Waals surface area contributed by atoms with E-state index in [0.717, 1.165) is 0 Å². The van der Waals surface area contributed by atoms with Gasteiger partial charge in [0.15, 0.2) is 0 Å². The summed E-state index contributed by atoms with van der Waals surface area (Å²) >= 11 is 0. The van der Waals surface area contributed by atoms with Crippen molar-refractivity contribution in [2.45, 2.75) is 11.3 Å². The van der Waals surface area contributed by atoms with Gasteiger partial charge < -0.3 is 10.1 Å². The highest BCUT2D eigenvalue weighted by molar-refractivity contribution is 7.89. The number of carboxylic acid groups (broad SMARTS) is 1. The second-order valence-corrected chi connectivity index (χ2v) is 7.29. The number of hydrogen-bond acceptors (Lipinski definition) is 5. The molecular weight excluding hydrogens is 358 g/mol. The molecule has 0 fully saturated rings. The van der Waals surface area contributed by atoms with Crippen molar-refractivity contribution in [2.24, 2.45) is 0 Å². The molecule has 0 aliphatic heterocycles. The van der Waals surface area contributed by atoms with Crippen molar-refractivity contribution in [1.82, 2.24) is 14.7 Å². The van der Waals surface area contributed by atoms with Crippen LogP contribution in [0.1, 0.15) is 22.5 Å². The van der Waals surface area contributed by atoms with Crippen LogP contribution in [0.2, 0.25) is 0 Å². The normalized spacial score (nSPS) is 11.5. The Labute approximate surface area is 148 Å². The zero-order valence-corrected chi connectivity index (χ0v) is 14.3. The molecule has 0 saturated heterocycles. The first-order valence-corrected chi connectivity index (χ1v) is 9.14. The maximum Gasteiger partial charge on any atom is 0.304 e. The highest BCUT2D eigenvalue weighted by Gasteiger charge is 2.17. The Hall–Kier alpha value is -3.04. The highest BCUT2D eigenvalue weighted by atomic mass is 32.2. The molecule has 2 aromatic carbocycles. The Morgan fingerprint density at radius 2 is 2.00 bits per heavy atom. The van der Waals surface area contributed by atoms with Crippen LogP contribution in [0.15, 0.2) is 53.8 Å². The van der Waals surface area contributed by atoms with Crippen LogP contribution in [0.5, 0.6) is 0 Å². The van der Waals surface area contributed by atoms with Crippen LogP contribution in [0.3, 0.4) is 0 Å². The van der Waals surface area contributed by atoms with E-state index in [2.05, 4.69) is 14.7 Å². The summed E-state index contributed by atoms with van der Waals surface area (Å²) in [5, 5.41) is 9.80. The van der Waals surface area contributed by atoms with Gasteiger partial charge in [-0.1, -0.05) is 24.3 Å². The molecule has 0 aliphatic carbocycles. The van der Waals surface area contributed by atoms with Crippen LogP contribution in [0, 0.1) is 0 Å². The Morgan fingerprint density at radius 1 is 1.19 bits per heavy atom. The van der Waals surface area contributed by atoms with Gasteiger partial charge in [-0.25, -0.2) is 18.1 Å². The summed E-state index contributed by atoms with van der Waals surface area (Å²) in [4.78, 5) is 29.7. The summed E-state index contributed by atoms with van der Waals surface area (Å²) in [6, 6.07) is 9.42. The summed E-state index contributed by atoms with van der Waals surface area (Å²) in [5.41, 5.74) is 0.763. The molecule has 3 rings (SSSR count). The summed E-state index contributed by atoms with van der Waals surface area (Å²) in [6.07, 6.45) is 2.52. The third-order valence-corrected chi connectivity index (χ3v) is 5.24. The molecule has 1 heterocycles. The Kier molecular flexibility index (Phi) is 4.83. The Balaban J connectivity index is 1.95. The molecular formula is C17H15N3O5S. The number of H-pyrrole nitrogens is 1. The minimum absolute atomic E-state index is 0.00141. The van der Waals surface area contributed by atoms with Crippen LogP contribution in [-0.2, 0) is 14.8 Å². The van der Waals surface area contributed by atoms with Gasteiger partial charge in [0.25, 0.3) is 0 Å². The van der Waals surface area contributed by atoms with E-state index in [1.54, 1.807) is 24.3 Å². The molecule has 3 N–H and O–H groups in total. The molecule has 134 valence electrons. The molecule has 0 amide bonds. The van der Waals surface area contributed by atoms with Crippen molar-refractivity contribution in [1.29, 1.82) is 0 Å². The second kappa shape index (κ2) is 7.06. The fourth-order valence-corrected chi connectivity index (χ4v) is 3.59. The van der Waals surface area contributed by atoms with Gasteiger partial charge in [0, 0.05) is 12.1 Å². The monoisotopic (exact) mass is 373 g/mol. The van der Waals surface area contributed by atoms with E-state index in [9.17, 15) is 18.0 Å². The van der Waals surface area contributed by atoms with Crippen molar-refractivity contribution in [2.75, 3.05) is 6.54 Å². The number of imidazole rings is 1. The van der Waals surface area contributed by atoms with E-state index < -0.39 is 16.0 Å². The molecule has 0 bridgehead atoms. The molecule has 0 spiro atoms. The van der Waals surface area contributed by atoms with E-state index in [1.165, 1.54) is 24.7 Å². The highest BCUT2D eigenvalue weighted by Crippen LogP contribution is 2.24. The van der Waals surface area contributed by atoms with Crippen molar-refractivity contribution in [3.63, 3.8) is 0 Å². The number of ketones is 1. The molecule has 9 heteroatoms. The minimum Gasteiger partial charge on any atom is -0.481 e. The molecule has 0 radical (unpaired) electrons. The van der Waals surface area contributed by atoms with E-state index in [0.29, 0.717) is 22.0 Å². The summed E-state index contributed by atoms with van der Waals surface area (Å²) in [7, 11) is -3.84. The summed E-state index contributed by atoms with van der Waals surface area (Å²) in [6.45, 7) is -0.200. The molecule has 0 unspecified atom stereocenters. The van der Waals surface area contributed by atoms with Crippen molar-refractivity contribution < 1.29 is 23.1 Å². The molecule has 1 aromatic heterocycles. The number of benzene rings is 2. The molecule has 8 nitrogen and oxygen atoms in total. The van der Waals surface area contributed by atoms with Crippen LogP contribution < -0.4 is 4.72 Å². The van der Waals surface area contributed by atoms with E-state index in [-0.39, 0.29) is 23.6 Å². The van der Waals surface area contributed by atoms with Crippen LogP contribution >= 0.6 is 0 Å². The van der Waals surface area contributed by atoms with Gasteiger partial charge in [-0.15, -0.1) is 0 Å². The fraction of sp³-hybridized carbons (Fsp3) is 0.118. The number of aromatic nitrogens is 2. The third kappa shape index (κ3) is 3.63. The number of nitrogens with zero attached hydrogens (tertiary/aromatic N) is 1. The SMILES string of the molecule is O=C(O)CCNS(=O)(=O)c1ccc2c(C(=O)c3cnc[nH]3)cccc2c1. The average molecular weight is 373 g/mol. The lowest BCUT2D eigenvalue weighted by molar-refractivity contribution is -0.136. The van der Waals surface area contributed by atoms with Gasteiger partial charge in [0.2, 0.25) is 15.8 Å². The quantitative estimate of drug-likeness (QED) is 0.539. The van der Waals surface area contributed by atoms with Gasteiger partial charge in [-0.2, -0.15) is 0 Å². The zero-order valence-electron chi connectivity index (χ0n) is 13.5. The van der Waals surface area contributed by atoms with Gasteiger partial charge in [-0.3, -0.25) is 9.59 Å². The number of carbonyl (C=O) groups is 2. The number of sulfonamides is 1. The molecule has 3 aromatic rings. The average Bonchev–Trinajstić information content (AvgIpc) is 3.14. The smallest absolute Gasteiger partial charge is 0.304 e. The number of hydrogen-bond donors (Lipinski definition) is 3. The number of nitrogens with one attached hydrogen (secondary N) is 2. The first-order valence-electron chi connectivity index (χ1n) is 7.66. The summed E-state index contributed by atoms with van der Waals surface area (Å²) in [5.74, 6) is -1.34. The number of rotatable bonds is 7. The second-order valence-electron chi connectivity index (χ2n) is 5.52. The lowest BCUT2D eigenvalue weighted by atomic mass is 10.0. The van der Waals surface area contributed by atoms with Gasteiger partial charge in [-0.05, 0) is 22.9 Å². The number of carboxylic acids is 1. The van der Waals surface area contributed by atoms with Gasteiger partial charge in [0.1, 0.15) is 5.69 Å². The molecule has 26 heavy (non-hydrogen) atoms. The van der Waals surface area contributed by atoms with E-state index >= 15 is 0 Å². The number of aromatic amines is 1. The summed E-state index contributed by atoms with van der Waals surface area (Å²) < 4.78 is 26.8.